The van der Waals surface area contributed by atoms with E-state index in [9.17, 15) is 17.6 Å². The van der Waals surface area contributed by atoms with Crippen molar-refractivity contribution in [1.82, 2.24) is 0 Å². The molecule has 1 aliphatic heterocycles. The van der Waals surface area contributed by atoms with E-state index in [0.29, 0.717) is 16.3 Å². The van der Waals surface area contributed by atoms with E-state index in [-0.39, 0.29) is 16.5 Å². The standard InChI is InChI=1S/C21H16ClFN2O3S2/c1-13-2-4-14(5-3-13)12-25-18-8-9-29-21(18)20(26)19(30(25,27)28)11-24-15-6-7-17(23)16(22)10-15/h2-11,24H,12H2,1H3. The van der Waals surface area contributed by atoms with Crippen LogP contribution < -0.4 is 9.62 Å². The van der Waals surface area contributed by atoms with Gasteiger partial charge in [0.1, 0.15) is 10.7 Å². The second-order valence-electron chi connectivity index (χ2n) is 6.74. The van der Waals surface area contributed by atoms with Gasteiger partial charge in [0.15, 0.2) is 4.91 Å². The number of rotatable bonds is 4. The zero-order valence-corrected chi connectivity index (χ0v) is 18.1. The smallest absolute Gasteiger partial charge is 0.270 e. The van der Waals surface area contributed by atoms with Gasteiger partial charge in [0.05, 0.1) is 17.3 Å². The molecule has 0 bridgehead atoms. The minimum Gasteiger partial charge on any atom is -0.360 e. The highest BCUT2D eigenvalue weighted by atomic mass is 35.5. The van der Waals surface area contributed by atoms with Gasteiger partial charge in [-0.2, -0.15) is 0 Å². The maximum absolute atomic E-state index is 13.4. The lowest BCUT2D eigenvalue weighted by molar-refractivity contribution is 0.104. The van der Waals surface area contributed by atoms with Crippen LogP contribution in [-0.4, -0.2) is 14.2 Å². The Balaban J connectivity index is 1.73. The molecule has 0 radical (unpaired) electrons. The normalized spacial score (nSPS) is 16.6. The molecule has 30 heavy (non-hydrogen) atoms. The Morgan fingerprint density at radius 2 is 1.90 bits per heavy atom. The quantitative estimate of drug-likeness (QED) is 0.532. The van der Waals surface area contributed by atoms with Crippen molar-refractivity contribution >= 4 is 50.1 Å². The molecular formula is C21H16ClFN2O3S2. The molecular weight excluding hydrogens is 447 g/mol. The molecule has 9 heteroatoms. The molecule has 2 heterocycles. The van der Waals surface area contributed by atoms with Gasteiger partial charge in [-0.3, -0.25) is 9.10 Å². The van der Waals surface area contributed by atoms with Crippen LogP contribution in [0.3, 0.4) is 0 Å². The number of ketones is 1. The number of aryl methyl sites for hydroxylation is 1. The number of nitrogens with one attached hydrogen (secondary N) is 1. The van der Waals surface area contributed by atoms with Gasteiger partial charge in [-0.1, -0.05) is 41.4 Å². The van der Waals surface area contributed by atoms with E-state index in [1.54, 1.807) is 11.4 Å². The van der Waals surface area contributed by atoms with E-state index in [2.05, 4.69) is 5.32 Å². The number of thiophene rings is 1. The van der Waals surface area contributed by atoms with E-state index in [4.69, 9.17) is 11.6 Å². The van der Waals surface area contributed by atoms with Crippen LogP contribution >= 0.6 is 22.9 Å². The monoisotopic (exact) mass is 462 g/mol. The molecule has 0 unspecified atom stereocenters. The SMILES string of the molecule is Cc1ccc(CN2c3ccsc3C(=O)C(=CNc3ccc(F)c(Cl)c3)S2(=O)=O)cc1. The average Bonchev–Trinajstić information content (AvgIpc) is 3.19. The number of hydrogen-bond donors (Lipinski definition) is 1. The molecule has 1 N–H and O–H groups in total. The summed E-state index contributed by atoms with van der Waals surface area (Å²) >= 11 is 6.96. The van der Waals surface area contributed by atoms with Crippen molar-refractivity contribution in [2.45, 2.75) is 13.5 Å². The molecule has 1 aromatic heterocycles. The first-order valence-electron chi connectivity index (χ1n) is 8.89. The van der Waals surface area contributed by atoms with Crippen LogP contribution in [0.1, 0.15) is 20.8 Å². The van der Waals surface area contributed by atoms with Gasteiger partial charge >= 0.3 is 0 Å². The third-order valence-electron chi connectivity index (χ3n) is 4.65. The number of halogens is 2. The van der Waals surface area contributed by atoms with Gasteiger partial charge in [-0.15, -0.1) is 11.3 Å². The van der Waals surface area contributed by atoms with Crippen LogP contribution in [0.25, 0.3) is 0 Å². The van der Waals surface area contributed by atoms with E-state index in [1.165, 1.54) is 27.8 Å². The molecule has 0 aliphatic carbocycles. The summed E-state index contributed by atoms with van der Waals surface area (Å²) in [6, 6.07) is 13.0. The Morgan fingerprint density at radius 3 is 2.60 bits per heavy atom. The number of nitrogens with zero attached hydrogens (tertiary/aromatic N) is 1. The molecule has 5 nitrogen and oxygen atoms in total. The molecule has 0 fully saturated rings. The molecule has 0 spiro atoms. The first-order valence-corrected chi connectivity index (χ1v) is 11.6. The highest BCUT2D eigenvalue weighted by Crippen LogP contribution is 2.39. The lowest BCUT2D eigenvalue weighted by atomic mass is 10.1. The second-order valence-corrected chi connectivity index (χ2v) is 9.90. The van der Waals surface area contributed by atoms with Crippen molar-refractivity contribution in [2.75, 3.05) is 9.62 Å². The number of benzene rings is 2. The number of Topliss-reactive ketones (excluding diaryl/α,β-unsaturated/α-hetero) is 1. The van der Waals surface area contributed by atoms with Crippen molar-refractivity contribution in [1.29, 1.82) is 0 Å². The van der Waals surface area contributed by atoms with Gasteiger partial charge in [0.25, 0.3) is 10.0 Å². The summed E-state index contributed by atoms with van der Waals surface area (Å²) in [5, 5.41) is 4.33. The summed E-state index contributed by atoms with van der Waals surface area (Å²) in [5.41, 5.74) is 2.59. The first-order chi connectivity index (χ1) is 14.3. The topological polar surface area (TPSA) is 66.5 Å². The largest absolute Gasteiger partial charge is 0.360 e. The van der Waals surface area contributed by atoms with Crippen molar-refractivity contribution in [3.8, 4) is 0 Å². The van der Waals surface area contributed by atoms with Crippen molar-refractivity contribution < 1.29 is 17.6 Å². The molecule has 0 saturated heterocycles. The Bertz CT molecular complexity index is 1270. The van der Waals surface area contributed by atoms with E-state index in [1.807, 2.05) is 31.2 Å². The van der Waals surface area contributed by atoms with Crippen LogP contribution in [0.4, 0.5) is 15.8 Å². The summed E-state index contributed by atoms with van der Waals surface area (Å²) in [4.78, 5) is 12.9. The van der Waals surface area contributed by atoms with Crippen LogP contribution in [0.2, 0.25) is 5.02 Å². The van der Waals surface area contributed by atoms with Gasteiger partial charge in [-0.25, -0.2) is 12.8 Å². The van der Waals surface area contributed by atoms with Gasteiger partial charge < -0.3 is 5.32 Å². The third kappa shape index (κ3) is 3.74. The molecule has 154 valence electrons. The van der Waals surface area contributed by atoms with E-state index < -0.39 is 21.6 Å². The van der Waals surface area contributed by atoms with E-state index in [0.717, 1.165) is 23.4 Å². The first kappa shape index (κ1) is 20.6. The number of anilines is 2. The molecule has 2 aromatic carbocycles. The number of carbonyl (C=O) groups excluding carboxylic acids is 1. The molecule has 0 saturated carbocycles. The number of sulfonamides is 1. The fourth-order valence-electron chi connectivity index (χ4n) is 3.05. The second kappa shape index (κ2) is 7.86. The predicted molar refractivity (Wildman–Crippen MR) is 118 cm³/mol. The maximum atomic E-state index is 13.4. The predicted octanol–water partition coefficient (Wildman–Crippen LogP) is 5.34. The average molecular weight is 463 g/mol. The van der Waals surface area contributed by atoms with Gasteiger partial charge in [0.2, 0.25) is 5.78 Å². The zero-order valence-electron chi connectivity index (χ0n) is 15.7. The molecule has 0 atom stereocenters. The Labute approximate surface area is 182 Å². The van der Waals surface area contributed by atoms with Gasteiger partial charge in [0, 0.05) is 11.9 Å². The number of hydrogen-bond acceptors (Lipinski definition) is 5. The summed E-state index contributed by atoms with van der Waals surface area (Å²) < 4.78 is 41.2. The Hall–Kier alpha value is -2.68. The number of allylic oxidation sites excluding steroid dienone is 1. The molecule has 1 aliphatic rings. The third-order valence-corrected chi connectivity index (χ3v) is 7.60. The van der Waals surface area contributed by atoms with Crippen molar-refractivity contribution in [3.05, 3.63) is 91.9 Å². The van der Waals surface area contributed by atoms with Crippen LogP contribution in [0.5, 0.6) is 0 Å². The van der Waals surface area contributed by atoms with Gasteiger partial charge in [-0.05, 0) is 42.1 Å². The minimum atomic E-state index is -4.11. The maximum Gasteiger partial charge on any atom is 0.270 e. The lowest BCUT2D eigenvalue weighted by Gasteiger charge is -2.29. The van der Waals surface area contributed by atoms with Crippen molar-refractivity contribution in [3.63, 3.8) is 0 Å². The summed E-state index contributed by atoms with van der Waals surface area (Å²) in [5.74, 6) is -1.18. The number of fused-ring (bicyclic) bond motifs is 1. The Morgan fingerprint density at radius 1 is 1.17 bits per heavy atom. The molecule has 3 aromatic rings. The van der Waals surface area contributed by atoms with Crippen molar-refractivity contribution in [2.24, 2.45) is 0 Å². The highest BCUT2D eigenvalue weighted by molar-refractivity contribution is 7.97. The fourth-order valence-corrected chi connectivity index (χ4v) is 5.71. The van der Waals surface area contributed by atoms with Crippen LogP contribution in [-0.2, 0) is 16.6 Å². The molecule has 0 amide bonds. The highest BCUT2D eigenvalue weighted by Gasteiger charge is 2.41. The fraction of sp³-hybridized carbons (Fsp3) is 0.0952. The summed E-state index contributed by atoms with van der Waals surface area (Å²) in [6.45, 7) is 2.05. The summed E-state index contributed by atoms with van der Waals surface area (Å²) in [7, 11) is -4.11. The Kier molecular flexibility index (Phi) is 5.40. The van der Waals surface area contributed by atoms with Crippen LogP contribution in [0.15, 0.2) is 65.0 Å². The van der Waals surface area contributed by atoms with E-state index >= 15 is 0 Å². The minimum absolute atomic E-state index is 0.0966. The lowest BCUT2D eigenvalue weighted by Crippen LogP contribution is -2.38. The molecule has 4 rings (SSSR count). The van der Waals surface area contributed by atoms with Crippen LogP contribution in [0, 0.1) is 12.7 Å². The number of carbonyl (C=O) groups is 1. The zero-order chi connectivity index (χ0) is 21.5. The summed E-state index contributed by atoms with van der Waals surface area (Å²) in [6.07, 6.45) is 1.13.